The van der Waals surface area contributed by atoms with Crippen molar-refractivity contribution in [1.29, 1.82) is 0 Å². The van der Waals surface area contributed by atoms with Crippen LogP contribution in [0, 0.1) is 0 Å². The van der Waals surface area contributed by atoms with E-state index < -0.39 is 0 Å². The number of hydrogen-bond donors (Lipinski definition) is 1. The summed E-state index contributed by atoms with van der Waals surface area (Å²) in [6, 6.07) is 3.71. The Kier molecular flexibility index (Phi) is 4.59. The van der Waals surface area contributed by atoms with E-state index in [2.05, 4.69) is 12.6 Å². The van der Waals surface area contributed by atoms with Crippen LogP contribution in [0.15, 0.2) is 22.8 Å². The number of rotatable bonds is 5. The number of furan rings is 1. The maximum Gasteiger partial charge on any atom is 0.318 e. The molecule has 78 valence electrons. The number of ether oxygens (including phenoxy) is 1. The minimum Gasteiger partial charge on any atom is -0.469 e. The zero-order valence-electron chi connectivity index (χ0n) is 8.10. The summed E-state index contributed by atoms with van der Waals surface area (Å²) in [5.41, 5.74) is 0. The molecule has 0 aliphatic carbocycles. The lowest BCUT2D eigenvalue weighted by atomic mass is 10.2. The topological polar surface area (TPSA) is 39.4 Å². The number of thiol groups is 1. The molecule has 4 heteroatoms. The fourth-order valence-corrected chi connectivity index (χ4v) is 1.29. The van der Waals surface area contributed by atoms with E-state index in [1.165, 1.54) is 0 Å². The fourth-order valence-electron chi connectivity index (χ4n) is 1.09. The first kappa shape index (κ1) is 11.2. The van der Waals surface area contributed by atoms with Gasteiger partial charge in [-0.1, -0.05) is 0 Å². The summed E-state index contributed by atoms with van der Waals surface area (Å²) in [6.45, 7) is 2.18. The molecule has 0 aromatic carbocycles. The van der Waals surface area contributed by atoms with Crippen molar-refractivity contribution in [3.63, 3.8) is 0 Å². The van der Waals surface area contributed by atoms with Crippen molar-refractivity contribution in [3.8, 4) is 0 Å². The van der Waals surface area contributed by atoms with E-state index in [0.717, 1.165) is 5.76 Å². The average molecular weight is 214 g/mol. The molecule has 1 atom stereocenters. The molecule has 1 aromatic rings. The second-order valence-electron chi connectivity index (χ2n) is 2.89. The molecule has 0 fully saturated rings. The second-order valence-corrected chi connectivity index (χ2v) is 3.51. The molecule has 0 saturated heterocycles. The molecule has 0 spiro atoms. The Labute approximate surface area is 88.8 Å². The summed E-state index contributed by atoms with van der Waals surface area (Å²) in [7, 11) is 0. The molecule has 14 heavy (non-hydrogen) atoms. The highest BCUT2D eigenvalue weighted by Crippen LogP contribution is 2.10. The van der Waals surface area contributed by atoms with E-state index in [-0.39, 0.29) is 11.2 Å². The number of aryl methyl sites for hydroxylation is 1. The van der Waals surface area contributed by atoms with E-state index >= 15 is 0 Å². The summed E-state index contributed by atoms with van der Waals surface area (Å²) < 4.78 is 9.97. The van der Waals surface area contributed by atoms with Crippen LogP contribution in [0.4, 0.5) is 0 Å². The monoisotopic (exact) mass is 214 g/mol. The van der Waals surface area contributed by atoms with Gasteiger partial charge in [-0.15, -0.1) is 0 Å². The largest absolute Gasteiger partial charge is 0.469 e. The number of hydrogen-bond acceptors (Lipinski definition) is 4. The van der Waals surface area contributed by atoms with Crippen LogP contribution in [0.5, 0.6) is 0 Å². The van der Waals surface area contributed by atoms with Gasteiger partial charge in [-0.25, -0.2) is 0 Å². The lowest BCUT2D eigenvalue weighted by Crippen LogP contribution is -2.18. The van der Waals surface area contributed by atoms with E-state index in [0.29, 0.717) is 19.4 Å². The molecule has 0 saturated carbocycles. The first-order chi connectivity index (χ1) is 6.74. The summed E-state index contributed by atoms with van der Waals surface area (Å²) in [6.07, 6.45) is 2.96. The Balaban J connectivity index is 2.27. The molecule has 0 aliphatic heterocycles. The van der Waals surface area contributed by atoms with E-state index in [4.69, 9.17) is 9.15 Å². The molecule has 1 unspecified atom stereocenters. The average Bonchev–Trinajstić information content (AvgIpc) is 2.67. The van der Waals surface area contributed by atoms with Crippen molar-refractivity contribution in [2.24, 2.45) is 0 Å². The van der Waals surface area contributed by atoms with Gasteiger partial charge in [-0.3, -0.25) is 4.79 Å². The Morgan fingerprint density at radius 1 is 1.71 bits per heavy atom. The van der Waals surface area contributed by atoms with Crippen molar-refractivity contribution >= 4 is 18.6 Å². The first-order valence-corrected chi connectivity index (χ1v) is 5.12. The van der Waals surface area contributed by atoms with Gasteiger partial charge in [0.1, 0.15) is 5.76 Å². The van der Waals surface area contributed by atoms with Gasteiger partial charge < -0.3 is 9.15 Å². The molecular weight excluding hydrogens is 200 g/mol. The highest BCUT2D eigenvalue weighted by molar-refractivity contribution is 7.81. The molecule has 0 radical (unpaired) electrons. The van der Waals surface area contributed by atoms with Crippen LogP contribution in [-0.4, -0.2) is 17.8 Å². The zero-order chi connectivity index (χ0) is 10.4. The summed E-state index contributed by atoms with van der Waals surface area (Å²) in [4.78, 5) is 11.2. The zero-order valence-corrected chi connectivity index (χ0v) is 9.00. The Morgan fingerprint density at radius 3 is 3.07 bits per heavy atom. The predicted molar refractivity (Wildman–Crippen MR) is 56.4 cm³/mol. The van der Waals surface area contributed by atoms with Gasteiger partial charge >= 0.3 is 5.97 Å². The standard InChI is InChI=1S/C10H14O3S/c1-2-12-10(11)9(14)6-5-8-4-3-7-13-8/h3-4,7,9,14H,2,5-6H2,1H3. The van der Waals surface area contributed by atoms with E-state index in [1.54, 1.807) is 13.2 Å². The van der Waals surface area contributed by atoms with Crippen molar-refractivity contribution in [2.45, 2.75) is 25.0 Å². The summed E-state index contributed by atoms with van der Waals surface area (Å²) >= 11 is 4.15. The predicted octanol–water partition coefficient (Wildman–Crippen LogP) is 2.07. The molecule has 0 N–H and O–H groups in total. The molecule has 0 aliphatic rings. The lowest BCUT2D eigenvalue weighted by Gasteiger charge is -2.07. The highest BCUT2D eigenvalue weighted by atomic mass is 32.1. The van der Waals surface area contributed by atoms with Gasteiger partial charge in [0, 0.05) is 6.42 Å². The van der Waals surface area contributed by atoms with Crippen molar-refractivity contribution < 1.29 is 13.9 Å². The minimum atomic E-state index is -0.361. The molecule has 1 aromatic heterocycles. The van der Waals surface area contributed by atoms with Crippen LogP contribution in [0.3, 0.4) is 0 Å². The molecule has 3 nitrogen and oxygen atoms in total. The Bertz CT molecular complexity index is 269. The van der Waals surface area contributed by atoms with Crippen LogP contribution < -0.4 is 0 Å². The summed E-state index contributed by atoms with van der Waals surface area (Å²) in [5.74, 6) is 0.607. The third kappa shape index (κ3) is 3.46. The number of carbonyl (C=O) groups excluding carboxylic acids is 1. The third-order valence-electron chi connectivity index (χ3n) is 1.80. The normalized spacial score (nSPS) is 12.4. The fraction of sp³-hybridized carbons (Fsp3) is 0.500. The quantitative estimate of drug-likeness (QED) is 0.602. The smallest absolute Gasteiger partial charge is 0.318 e. The van der Waals surface area contributed by atoms with Crippen LogP contribution in [0.25, 0.3) is 0 Å². The van der Waals surface area contributed by atoms with Gasteiger partial charge in [0.05, 0.1) is 18.1 Å². The maximum atomic E-state index is 11.2. The van der Waals surface area contributed by atoms with E-state index in [9.17, 15) is 4.79 Å². The molecule has 1 heterocycles. The SMILES string of the molecule is CCOC(=O)C(S)CCc1ccco1. The second kappa shape index (κ2) is 5.75. The van der Waals surface area contributed by atoms with Crippen LogP contribution >= 0.6 is 12.6 Å². The number of esters is 1. The Morgan fingerprint density at radius 2 is 2.50 bits per heavy atom. The van der Waals surface area contributed by atoms with Crippen LogP contribution in [-0.2, 0) is 16.0 Å². The molecule has 0 amide bonds. The molecule has 1 rings (SSSR count). The first-order valence-electron chi connectivity index (χ1n) is 4.61. The van der Waals surface area contributed by atoms with Crippen LogP contribution in [0.1, 0.15) is 19.1 Å². The Hall–Kier alpha value is -0.900. The van der Waals surface area contributed by atoms with Crippen molar-refractivity contribution in [1.82, 2.24) is 0 Å². The van der Waals surface area contributed by atoms with Gasteiger partial charge in [-0.2, -0.15) is 12.6 Å². The van der Waals surface area contributed by atoms with Gasteiger partial charge in [0.15, 0.2) is 0 Å². The van der Waals surface area contributed by atoms with Crippen molar-refractivity contribution in [3.05, 3.63) is 24.2 Å². The number of carbonyl (C=O) groups is 1. The van der Waals surface area contributed by atoms with Gasteiger partial charge in [0.25, 0.3) is 0 Å². The van der Waals surface area contributed by atoms with Gasteiger partial charge in [-0.05, 0) is 25.5 Å². The maximum absolute atomic E-state index is 11.2. The minimum absolute atomic E-state index is 0.262. The molecule has 0 bridgehead atoms. The summed E-state index contributed by atoms with van der Waals surface area (Å²) in [5, 5.41) is -0.361. The van der Waals surface area contributed by atoms with Crippen molar-refractivity contribution in [2.75, 3.05) is 6.61 Å². The molecular formula is C10H14O3S. The van der Waals surface area contributed by atoms with Gasteiger partial charge in [0.2, 0.25) is 0 Å². The van der Waals surface area contributed by atoms with E-state index in [1.807, 2.05) is 12.1 Å². The lowest BCUT2D eigenvalue weighted by molar-refractivity contribution is -0.142. The third-order valence-corrected chi connectivity index (χ3v) is 2.27. The van der Waals surface area contributed by atoms with Crippen LogP contribution in [0.2, 0.25) is 0 Å². The highest BCUT2D eigenvalue weighted by Gasteiger charge is 2.14.